The number of aromatic nitrogens is 4. The summed E-state index contributed by atoms with van der Waals surface area (Å²) in [4.78, 5) is 44.0. The second-order valence-corrected chi connectivity index (χ2v) is 20.1. The molecule has 13 rings (SSSR count). The molecule has 6 heterocycles. The average molecular weight is 1020 g/mol. The van der Waals surface area contributed by atoms with Gasteiger partial charge in [0, 0.05) is 34.5 Å². The Hall–Kier alpha value is -9.93. The maximum Gasteiger partial charge on any atom is 0.407 e. The van der Waals surface area contributed by atoms with Crippen LogP contribution in [0.1, 0.15) is 50.7 Å². The van der Waals surface area contributed by atoms with E-state index in [9.17, 15) is 9.59 Å². The van der Waals surface area contributed by atoms with E-state index in [0.29, 0.717) is 0 Å². The summed E-state index contributed by atoms with van der Waals surface area (Å²) in [7, 11) is 0. The minimum atomic E-state index is -0.993. The lowest BCUT2D eigenvalue weighted by Crippen LogP contribution is -2.43. The molecule has 4 N–H and O–H groups in total. The van der Waals surface area contributed by atoms with Crippen LogP contribution in [0.4, 0.5) is 4.79 Å². The van der Waals surface area contributed by atoms with Crippen LogP contribution in [-0.2, 0) is 27.3 Å². The zero-order chi connectivity index (χ0) is 52.7. The molecule has 0 unspecified atom stereocenters. The first-order valence-corrected chi connectivity index (χ1v) is 26.3. The Bertz CT molecular complexity index is 4230. The summed E-state index contributed by atoms with van der Waals surface area (Å²) < 4.78 is 18.8. The molecule has 11 aromatic rings. The first-order chi connectivity index (χ1) is 38.3. The summed E-state index contributed by atoms with van der Waals surface area (Å²) in [6.07, 6.45) is 3.62. The first-order valence-electron chi connectivity index (χ1n) is 26.3. The van der Waals surface area contributed by atoms with Crippen molar-refractivity contribution in [2.75, 3.05) is 6.61 Å². The molecule has 6 aromatic carbocycles. The molecule has 5 aromatic heterocycles. The number of alkyl carbamates (subject to hydrolysis) is 1. The van der Waals surface area contributed by atoms with Gasteiger partial charge in [-0.2, -0.15) is 0 Å². The molecule has 380 valence electrons. The van der Waals surface area contributed by atoms with E-state index in [2.05, 4.69) is 155 Å². The standard InChI is InChI=1S/C68H53N5O5/c1-41-16-22-46(23-17-41)65-59-34-30-55(71-59)53-28-32-57(69-53)64(58-33-29-54(70-58)56-31-35-60(72-56)66(63-37-36-62(65)78-63)47-24-18-42(2)19-25-47)45-26-20-44(21-27-45)39-76-67(74)61(38-43-10-4-3-5-11-43)73-68(75)77-40-52-50-14-8-6-12-48(50)49-13-7-9-15-51(49)52/h3-37,52,61,69,71-72H,38-40H2,1-2H3,(H,73,75)/t61-/m0/s1. The molecule has 0 spiro atoms. The van der Waals surface area contributed by atoms with Crippen molar-refractivity contribution in [2.45, 2.75) is 38.8 Å². The molecule has 1 atom stereocenters. The van der Waals surface area contributed by atoms with Crippen molar-refractivity contribution in [3.8, 4) is 44.5 Å². The highest BCUT2D eigenvalue weighted by Crippen LogP contribution is 2.45. The molecule has 10 bridgehead atoms. The van der Waals surface area contributed by atoms with Crippen LogP contribution in [0.2, 0.25) is 0 Å². The van der Waals surface area contributed by atoms with E-state index < -0.39 is 18.1 Å². The van der Waals surface area contributed by atoms with Crippen molar-refractivity contribution < 1.29 is 23.5 Å². The van der Waals surface area contributed by atoms with Gasteiger partial charge in [-0.05, 0) is 125 Å². The number of fused-ring (bicyclic) bond motifs is 15. The Labute approximate surface area is 450 Å². The summed E-state index contributed by atoms with van der Waals surface area (Å²) in [6.45, 7) is 4.30. The van der Waals surface area contributed by atoms with E-state index in [1.807, 2.05) is 91.0 Å². The van der Waals surface area contributed by atoms with Gasteiger partial charge in [-0.3, -0.25) is 0 Å². The lowest BCUT2D eigenvalue weighted by Gasteiger charge is -2.19. The number of aromatic amines is 3. The Kier molecular flexibility index (Phi) is 12.4. The van der Waals surface area contributed by atoms with Crippen molar-refractivity contribution in [1.82, 2.24) is 25.3 Å². The van der Waals surface area contributed by atoms with Crippen LogP contribution in [0.15, 0.2) is 205 Å². The second-order valence-electron chi connectivity index (χ2n) is 20.1. The van der Waals surface area contributed by atoms with Gasteiger partial charge in [0.15, 0.2) is 0 Å². The average Bonchev–Trinajstić information content (AvgIpc) is 4.45. The number of aryl methyl sites for hydroxylation is 2. The van der Waals surface area contributed by atoms with Gasteiger partial charge >= 0.3 is 12.1 Å². The molecule has 1 aliphatic carbocycles. The number of nitrogens with one attached hydrogen (secondary N) is 4. The van der Waals surface area contributed by atoms with Crippen LogP contribution in [0.3, 0.4) is 0 Å². The summed E-state index contributed by atoms with van der Waals surface area (Å²) in [5.41, 5.74) is 22.6. The van der Waals surface area contributed by atoms with Gasteiger partial charge in [0.25, 0.3) is 0 Å². The Morgan fingerprint density at radius 1 is 0.500 bits per heavy atom. The molecule has 78 heavy (non-hydrogen) atoms. The van der Waals surface area contributed by atoms with Gasteiger partial charge in [0.1, 0.15) is 30.4 Å². The molecule has 0 saturated carbocycles. The molecule has 1 amide bonds. The number of carbonyl (C=O) groups is 2. The van der Waals surface area contributed by atoms with Gasteiger partial charge < -0.3 is 34.2 Å². The topological polar surface area (TPSA) is 138 Å². The van der Waals surface area contributed by atoms with Crippen LogP contribution >= 0.6 is 0 Å². The molecular weight excluding hydrogens is 967 g/mol. The van der Waals surface area contributed by atoms with Crippen molar-refractivity contribution in [1.29, 1.82) is 0 Å². The second kappa shape index (κ2) is 20.3. The highest BCUT2D eigenvalue weighted by Gasteiger charge is 2.30. The van der Waals surface area contributed by atoms with Gasteiger partial charge in [-0.15, -0.1) is 0 Å². The number of ether oxygens (including phenoxy) is 2. The number of furan rings is 1. The number of nitrogens with zero attached hydrogens (tertiary/aromatic N) is 1. The third-order valence-corrected chi connectivity index (χ3v) is 14.9. The number of H-pyrrole nitrogens is 3. The molecule has 0 fully saturated rings. The van der Waals surface area contributed by atoms with Crippen molar-refractivity contribution in [3.63, 3.8) is 0 Å². The molecule has 0 saturated heterocycles. The van der Waals surface area contributed by atoms with Crippen LogP contribution in [0, 0.1) is 13.8 Å². The highest BCUT2D eigenvalue weighted by atomic mass is 16.6. The highest BCUT2D eigenvalue weighted by molar-refractivity contribution is 5.99. The largest absolute Gasteiger partial charge is 0.459 e. The molecule has 10 heteroatoms. The first kappa shape index (κ1) is 47.8. The van der Waals surface area contributed by atoms with E-state index in [1.165, 1.54) is 11.1 Å². The Morgan fingerprint density at radius 2 is 0.987 bits per heavy atom. The summed E-state index contributed by atoms with van der Waals surface area (Å²) in [5.74, 6) is -0.688. The number of benzene rings is 6. The van der Waals surface area contributed by atoms with Crippen LogP contribution in [-0.4, -0.2) is 44.6 Å². The fraction of sp³-hybridized carbons (Fsp3) is 0.103. The normalized spacial score (nSPS) is 12.6. The van der Waals surface area contributed by atoms with Gasteiger partial charge in [-0.25, -0.2) is 14.6 Å². The SMILES string of the molecule is Cc1ccc(-c2c3ccc([nH]3)c3nc(c(-c4ccc(COC(=O)[C@H](Cc5ccccc5)NC(=O)OCC5c6ccccc6-c6ccccc65)cc4)c4ccc([nH]4)c4ccc([nH]4)c(-c4ccc(C)cc4)c4ccc2o4)C=C3)cc1. The zero-order valence-corrected chi connectivity index (χ0v) is 43.0. The van der Waals surface area contributed by atoms with Crippen LogP contribution in [0.5, 0.6) is 0 Å². The minimum absolute atomic E-state index is 0.0100. The van der Waals surface area contributed by atoms with Crippen LogP contribution < -0.4 is 5.32 Å². The van der Waals surface area contributed by atoms with Gasteiger partial charge in [0.05, 0.1) is 39.0 Å². The quantitative estimate of drug-likeness (QED) is 0.0952. The van der Waals surface area contributed by atoms with E-state index in [-0.39, 0.29) is 25.6 Å². The predicted molar refractivity (Wildman–Crippen MR) is 311 cm³/mol. The third-order valence-electron chi connectivity index (χ3n) is 14.9. The van der Waals surface area contributed by atoms with Gasteiger partial charge in [0.2, 0.25) is 0 Å². The monoisotopic (exact) mass is 1020 g/mol. The van der Waals surface area contributed by atoms with E-state index >= 15 is 0 Å². The smallest absolute Gasteiger partial charge is 0.407 e. The molecule has 1 aliphatic heterocycles. The number of amides is 1. The number of esters is 1. The number of hydrogen-bond acceptors (Lipinski definition) is 6. The molecule has 10 nitrogen and oxygen atoms in total. The summed E-state index contributed by atoms with van der Waals surface area (Å²) in [5, 5.41) is 2.84. The third kappa shape index (κ3) is 9.34. The molecule has 0 radical (unpaired) electrons. The maximum atomic E-state index is 14.0. The molecule has 2 aliphatic rings. The Balaban J connectivity index is 0.831. The summed E-state index contributed by atoms with van der Waals surface area (Å²) in [6, 6.07) is 66.6. The van der Waals surface area contributed by atoms with Crippen molar-refractivity contribution in [2.24, 2.45) is 0 Å². The number of carbonyl (C=O) groups excluding carboxylic acids is 2. The summed E-state index contributed by atoms with van der Waals surface area (Å²) >= 11 is 0. The fourth-order valence-corrected chi connectivity index (χ4v) is 10.9. The van der Waals surface area contributed by atoms with Gasteiger partial charge in [-0.1, -0.05) is 163 Å². The molecular formula is C68H53N5O5. The van der Waals surface area contributed by atoms with E-state index in [0.717, 1.165) is 122 Å². The van der Waals surface area contributed by atoms with Crippen molar-refractivity contribution in [3.05, 3.63) is 245 Å². The van der Waals surface area contributed by atoms with Crippen molar-refractivity contribution >= 4 is 68.5 Å². The lowest BCUT2D eigenvalue weighted by atomic mass is 9.98. The minimum Gasteiger partial charge on any atom is -0.459 e. The van der Waals surface area contributed by atoms with Crippen LogP contribution in [0.25, 0.3) is 101 Å². The van der Waals surface area contributed by atoms with E-state index in [4.69, 9.17) is 18.9 Å². The fourth-order valence-electron chi connectivity index (χ4n) is 10.9. The number of rotatable bonds is 11. The van der Waals surface area contributed by atoms with E-state index in [1.54, 1.807) is 0 Å². The maximum absolute atomic E-state index is 14.0. The predicted octanol–water partition coefficient (Wildman–Crippen LogP) is 15.8. The zero-order valence-electron chi connectivity index (χ0n) is 43.0. The Morgan fingerprint density at radius 3 is 1.59 bits per heavy atom. The number of hydrogen-bond donors (Lipinski definition) is 4. The lowest BCUT2D eigenvalue weighted by molar-refractivity contribution is -0.147.